The summed E-state index contributed by atoms with van der Waals surface area (Å²) in [5, 5.41) is 16.7. The van der Waals surface area contributed by atoms with Crippen molar-refractivity contribution < 1.29 is 13.9 Å². The Labute approximate surface area is 138 Å². The molecule has 24 heavy (non-hydrogen) atoms. The molecule has 0 aliphatic heterocycles. The second-order valence-electron chi connectivity index (χ2n) is 5.05. The summed E-state index contributed by atoms with van der Waals surface area (Å²) < 4.78 is 10.9. The van der Waals surface area contributed by atoms with E-state index < -0.39 is 12.1 Å². The average Bonchev–Trinajstić information content (AvgIpc) is 3.13. The van der Waals surface area contributed by atoms with Crippen LogP contribution in [0.4, 0.5) is 0 Å². The Morgan fingerprint density at radius 2 is 1.83 bits per heavy atom. The van der Waals surface area contributed by atoms with Gasteiger partial charge in [0.1, 0.15) is 0 Å². The van der Waals surface area contributed by atoms with Crippen LogP contribution in [0.25, 0.3) is 11.5 Å². The molecule has 3 rings (SSSR count). The molecule has 1 aromatic heterocycles. The number of nitrogens with zero attached hydrogens (tertiary/aromatic N) is 3. The predicted octanol–water partition coefficient (Wildman–Crippen LogP) is 3.53. The summed E-state index contributed by atoms with van der Waals surface area (Å²) in [4.78, 5) is 12.1. The number of carbonyl (C=O) groups excluding carboxylic acids is 1. The zero-order chi connectivity index (χ0) is 16.9. The van der Waals surface area contributed by atoms with Crippen molar-refractivity contribution in [3.8, 4) is 17.5 Å². The molecule has 0 N–H and O–H groups in total. The molecule has 0 bridgehead atoms. The Balaban J connectivity index is 1.70. The van der Waals surface area contributed by atoms with Gasteiger partial charge in [-0.15, -0.1) is 10.2 Å². The highest BCUT2D eigenvalue weighted by atomic mass is 16.6. The number of hydrogen-bond acceptors (Lipinski definition) is 6. The molecule has 2 aromatic carbocycles. The SMILES string of the molecule is C[C@@H](OC(=O)c1ccc(C#N)cc1)c1nnc(-c2ccccc2)o1. The minimum Gasteiger partial charge on any atom is -0.449 e. The lowest BCUT2D eigenvalue weighted by molar-refractivity contribution is 0.0280. The Morgan fingerprint density at radius 3 is 2.50 bits per heavy atom. The first-order chi connectivity index (χ1) is 11.7. The van der Waals surface area contributed by atoms with Gasteiger partial charge in [-0.1, -0.05) is 18.2 Å². The molecule has 6 nitrogen and oxygen atoms in total. The summed E-state index contributed by atoms with van der Waals surface area (Å²) in [6.45, 7) is 1.66. The number of rotatable bonds is 4. The van der Waals surface area contributed by atoms with Crippen molar-refractivity contribution in [3.63, 3.8) is 0 Å². The number of benzene rings is 2. The van der Waals surface area contributed by atoms with Crippen molar-refractivity contribution in [2.24, 2.45) is 0 Å². The van der Waals surface area contributed by atoms with Crippen LogP contribution < -0.4 is 0 Å². The molecule has 0 spiro atoms. The Kier molecular flexibility index (Phi) is 4.34. The van der Waals surface area contributed by atoms with Gasteiger partial charge in [0.25, 0.3) is 5.89 Å². The van der Waals surface area contributed by atoms with Crippen LogP contribution in [0, 0.1) is 11.3 Å². The molecule has 1 heterocycles. The van der Waals surface area contributed by atoms with Gasteiger partial charge < -0.3 is 9.15 Å². The van der Waals surface area contributed by atoms with E-state index in [1.165, 1.54) is 12.1 Å². The number of esters is 1. The quantitative estimate of drug-likeness (QED) is 0.683. The fraction of sp³-hybridized carbons (Fsp3) is 0.111. The van der Waals surface area contributed by atoms with E-state index in [2.05, 4.69) is 10.2 Å². The van der Waals surface area contributed by atoms with E-state index in [9.17, 15) is 4.79 Å². The molecular weight excluding hydrogens is 306 g/mol. The van der Waals surface area contributed by atoms with E-state index in [1.807, 2.05) is 36.4 Å². The molecule has 0 amide bonds. The van der Waals surface area contributed by atoms with Crippen molar-refractivity contribution in [1.82, 2.24) is 10.2 Å². The smallest absolute Gasteiger partial charge is 0.338 e. The molecule has 0 unspecified atom stereocenters. The molecule has 3 aromatic rings. The number of hydrogen-bond donors (Lipinski definition) is 0. The fourth-order valence-corrected chi connectivity index (χ4v) is 2.06. The van der Waals surface area contributed by atoms with Crippen molar-refractivity contribution in [2.75, 3.05) is 0 Å². The minimum atomic E-state index is -0.682. The van der Waals surface area contributed by atoms with E-state index in [-0.39, 0.29) is 5.89 Å². The summed E-state index contributed by atoms with van der Waals surface area (Å²) in [6.07, 6.45) is -0.682. The van der Waals surface area contributed by atoms with E-state index in [1.54, 1.807) is 19.1 Å². The van der Waals surface area contributed by atoms with Crippen LogP contribution in [-0.4, -0.2) is 16.2 Å². The van der Waals surface area contributed by atoms with Gasteiger partial charge in [0.15, 0.2) is 6.10 Å². The Bertz CT molecular complexity index is 880. The van der Waals surface area contributed by atoms with Crippen LogP contribution >= 0.6 is 0 Å². The third-order valence-electron chi connectivity index (χ3n) is 3.34. The van der Waals surface area contributed by atoms with Crippen LogP contribution in [0.15, 0.2) is 59.0 Å². The van der Waals surface area contributed by atoms with Gasteiger partial charge in [-0.3, -0.25) is 0 Å². The van der Waals surface area contributed by atoms with Crippen LogP contribution in [-0.2, 0) is 4.74 Å². The maximum Gasteiger partial charge on any atom is 0.338 e. The summed E-state index contributed by atoms with van der Waals surface area (Å²) >= 11 is 0. The molecule has 0 saturated carbocycles. The lowest BCUT2D eigenvalue weighted by Crippen LogP contribution is -2.09. The van der Waals surface area contributed by atoms with Gasteiger partial charge in [0, 0.05) is 5.56 Å². The zero-order valence-electron chi connectivity index (χ0n) is 12.8. The topological polar surface area (TPSA) is 89.0 Å². The third kappa shape index (κ3) is 3.31. The average molecular weight is 319 g/mol. The van der Waals surface area contributed by atoms with Gasteiger partial charge in [-0.2, -0.15) is 5.26 Å². The second kappa shape index (κ2) is 6.75. The largest absolute Gasteiger partial charge is 0.449 e. The van der Waals surface area contributed by atoms with Crippen molar-refractivity contribution >= 4 is 5.97 Å². The van der Waals surface area contributed by atoms with Gasteiger partial charge in [-0.05, 0) is 43.3 Å². The molecule has 1 atom stereocenters. The maximum absolute atomic E-state index is 12.1. The summed E-state index contributed by atoms with van der Waals surface area (Å²) in [7, 11) is 0. The third-order valence-corrected chi connectivity index (χ3v) is 3.34. The highest BCUT2D eigenvalue weighted by Gasteiger charge is 2.19. The predicted molar refractivity (Wildman–Crippen MR) is 84.7 cm³/mol. The molecule has 0 aliphatic rings. The first kappa shape index (κ1) is 15.4. The summed E-state index contributed by atoms with van der Waals surface area (Å²) in [5.74, 6) is 0.0640. The summed E-state index contributed by atoms with van der Waals surface area (Å²) in [5.41, 5.74) is 1.62. The van der Waals surface area contributed by atoms with Crippen molar-refractivity contribution in [2.45, 2.75) is 13.0 Å². The molecule has 6 heteroatoms. The van der Waals surface area contributed by atoms with Crippen molar-refractivity contribution in [3.05, 3.63) is 71.6 Å². The number of ether oxygens (including phenoxy) is 1. The Morgan fingerprint density at radius 1 is 1.12 bits per heavy atom. The highest BCUT2D eigenvalue weighted by molar-refractivity contribution is 5.89. The molecule has 0 saturated heterocycles. The lowest BCUT2D eigenvalue weighted by Gasteiger charge is -2.09. The van der Waals surface area contributed by atoms with E-state index >= 15 is 0 Å². The van der Waals surface area contributed by atoms with Crippen molar-refractivity contribution in [1.29, 1.82) is 5.26 Å². The van der Waals surface area contributed by atoms with Gasteiger partial charge in [0.05, 0.1) is 17.2 Å². The molecular formula is C18H13N3O3. The van der Waals surface area contributed by atoms with Gasteiger partial charge in [-0.25, -0.2) is 4.79 Å². The van der Waals surface area contributed by atoms with E-state index in [0.29, 0.717) is 17.0 Å². The van der Waals surface area contributed by atoms with Gasteiger partial charge >= 0.3 is 5.97 Å². The van der Waals surface area contributed by atoms with Gasteiger partial charge in [0.2, 0.25) is 5.89 Å². The lowest BCUT2D eigenvalue weighted by atomic mass is 10.1. The number of nitriles is 1. The Hall–Kier alpha value is -3.46. The molecule has 0 aliphatic carbocycles. The van der Waals surface area contributed by atoms with E-state index in [0.717, 1.165) is 5.56 Å². The zero-order valence-corrected chi connectivity index (χ0v) is 12.8. The maximum atomic E-state index is 12.1. The molecule has 118 valence electrons. The second-order valence-corrected chi connectivity index (χ2v) is 5.05. The van der Waals surface area contributed by atoms with Crippen LogP contribution in [0.2, 0.25) is 0 Å². The standard InChI is InChI=1S/C18H13N3O3/c1-12(23-18(22)15-9-7-13(11-19)8-10-15)16-20-21-17(24-16)14-5-3-2-4-6-14/h2-10,12H,1H3/t12-/m1/s1. The molecule has 0 fully saturated rings. The first-order valence-corrected chi connectivity index (χ1v) is 7.27. The monoisotopic (exact) mass is 319 g/mol. The number of aromatic nitrogens is 2. The van der Waals surface area contributed by atoms with Crippen LogP contribution in [0.1, 0.15) is 34.8 Å². The molecule has 0 radical (unpaired) electrons. The van der Waals surface area contributed by atoms with E-state index in [4.69, 9.17) is 14.4 Å². The fourth-order valence-electron chi connectivity index (χ4n) is 2.06. The minimum absolute atomic E-state index is 0.218. The summed E-state index contributed by atoms with van der Waals surface area (Å²) in [6, 6.07) is 17.5. The van der Waals surface area contributed by atoms with Crippen LogP contribution in [0.5, 0.6) is 0 Å². The first-order valence-electron chi connectivity index (χ1n) is 7.27. The van der Waals surface area contributed by atoms with Crippen LogP contribution in [0.3, 0.4) is 0 Å². The number of carbonyl (C=O) groups is 1. The highest BCUT2D eigenvalue weighted by Crippen LogP contribution is 2.22. The normalized spacial score (nSPS) is 11.5.